The zero-order chi connectivity index (χ0) is 10.3. The first-order valence-corrected chi connectivity index (χ1v) is 7.78. The van der Waals surface area contributed by atoms with Crippen molar-refractivity contribution in [2.75, 3.05) is 12.5 Å². The molecule has 0 atom stereocenters. The molecule has 0 spiro atoms. The second kappa shape index (κ2) is 3.21. The Balaban J connectivity index is 2.81. The van der Waals surface area contributed by atoms with Gasteiger partial charge < -0.3 is 4.98 Å². The Bertz CT molecular complexity index is 468. The zero-order valence-electron chi connectivity index (χ0n) is 8.60. The first-order chi connectivity index (χ1) is 6.50. The molecule has 1 nitrogen and oxygen atoms in total. The molecule has 1 heterocycles. The van der Waals surface area contributed by atoms with E-state index < -0.39 is 9.24 Å². The van der Waals surface area contributed by atoms with Crippen LogP contribution in [0, 0.1) is 6.92 Å². The van der Waals surface area contributed by atoms with Crippen LogP contribution in [0.5, 0.6) is 0 Å². The van der Waals surface area contributed by atoms with Crippen LogP contribution in [-0.4, -0.2) is 17.5 Å². The predicted molar refractivity (Wildman–Crippen MR) is 66.6 cm³/mol. The summed E-state index contributed by atoms with van der Waals surface area (Å²) in [5.74, 6) is 0. The molecule has 0 aliphatic carbocycles. The highest BCUT2D eigenvalue weighted by molar-refractivity contribution is 8.50. The molecule has 0 saturated heterocycles. The molecule has 1 aromatic heterocycles. The summed E-state index contributed by atoms with van der Waals surface area (Å²) in [6.45, 7) is 2.09. The quantitative estimate of drug-likeness (QED) is 0.757. The molecule has 0 saturated carbocycles. The van der Waals surface area contributed by atoms with Gasteiger partial charge in [0.15, 0.2) is 0 Å². The van der Waals surface area contributed by atoms with E-state index in [0.29, 0.717) is 0 Å². The molecule has 2 rings (SSSR count). The third-order valence-electron chi connectivity index (χ3n) is 2.32. The van der Waals surface area contributed by atoms with E-state index in [9.17, 15) is 0 Å². The maximum absolute atomic E-state index is 6.45. The lowest BCUT2D eigenvalue weighted by molar-refractivity contribution is 1.23. The smallest absolute Gasteiger partial charge is 0.0467 e. The number of aryl methyl sites for hydroxylation is 1. The fourth-order valence-corrected chi connectivity index (χ4v) is 3.95. The van der Waals surface area contributed by atoms with Crippen molar-refractivity contribution in [1.29, 1.82) is 0 Å². The Hall–Kier alpha value is -0.600. The molecule has 0 unspecified atom stereocenters. The molecule has 0 aliphatic rings. The molecule has 1 N–H and O–H groups in total. The maximum atomic E-state index is 6.45. The first kappa shape index (κ1) is 9.94. The van der Waals surface area contributed by atoms with Crippen LogP contribution >= 0.6 is 19.9 Å². The summed E-state index contributed by atoms with van der Waals surface area (Å²) in [4.78, 5) is 4.66. The number of nitrogens with one attached hydrogen (secondary N) is 1. The van der Waals surface area contributed by atoms with Crippen LogP contribution in [-0.2, 0) is 0 Å². The summed E-state index contributed by atoms with van der Waals surface area (Å²) in [5.41, 5.74) is 2.38. The fraction of sp³-hybridized carbons (Fsp3) is 0.273. The number of hydrogen-bond acceptors (Lipinski definition) is 0. The van der Waals surface area contributed by atoms with Crippen molar-refractivity contribution in [3.05, 3.63) is 30.0 Å². The maximum Gasteiger partial charge on any atom is 0.0467 e. The summed E-state index contributed by atoms with van der Waals surface area (Å²) < 4.78 is 0. The molecule has 0 bridgehead atoms. The Morgan fingerprint density at radius 3 is 2.50 bits per heavy atom. The summed E-state index contributed by atoms with van der Waals surface area (Å²) >= 11 is 0. The number of fused-ring (bicyclic) bond motifs is 1. The van der Waals surface area contributed by atoms with Crippen LogP contribution < -0.4 is 0 Å². The van der Waals surface area contributed by atoms with Gasteiger partial charge in [-0.2, -0.15) is 0 Å². The van der Waals surface area contributed by atoms with Gasteiger partial charge in [0, 0.05) is 21.5 Å². The average Bonchev–Trinajstić information content (AvgIpc) is 2.38. The second-order valence-electron chi connectivity index (χ2n) is 3.83. The lowest BCUT2D eigenvalue weighted by atomic mass is 10.2. The lowest BCUT2D eigenvalue weighted by Crippen LogP contribution is -1.88. The van der Waals surface area contributed by atoms with Gasteiger partial charge in [0.1, 0.15) is 0 Å². The fourth-order valence-electron chi connectivity index (χ4n) is 1.88. The lowest BCUT2D eigenvalue weighted by Gasteiger charge is -2.22. The molecule has 1 aromatic carbocycles. The minimum atomic E-state index is -1.18. The number of halogens is 1. The highest BCUT2D eigenvalue weighted by atomic mass is 35.7. The second-order valence-corrected chi connectivity index (χ2v) is 8.95. The molecule has 3 heteroatoms. The topological polar surface area (TPSA) is 15.8 Å². The number of aromatic nitrogens is 1. The molecule has 0 amide bonds. The average molecular weight is 228 g/mol. The van der Waals surface area contributed by atoms with E-state index in [0.717, 1.165) is 0 Å². The van der Waals surface area contributed by atoms with Crippen molar-refractivity contribution >= 4 is 30.8 Å². The van der Waals surface area contributed by atoms with Gasteiger partial charge in [0.25, 0.3) is 0 Å². The minimum Gasteiger partial charge on any atom is -0.358 e. The van der Waals surface area contributed by atoms with Crippen LogP contribution in [0.4, 0.5) is 0 Å². The van der Waals surface area contributed by atoms with Gasteiger partial charge in [-0.15, -0.1) is 9.24 Å². The largest absolute Gasteiger partial charge is 0.358 e. The molecule has 0 radical (unpaired) electrons. The number of aromatic amines is 1. The van der Waals surface area contributed by atoms with E-state index in [1.54, 1.807) is 0 Å². The van der Waals surface area contributed by atoms with E-state index in [4.69, 9.17) is 10.7 Å². The SMILES string of the molecule is Cc1[nH]c2ccccc2c1S(C)(C)Cl. The molecule has 0 fully saturated rings. The molecule has 76 valence electrons. The number of rotatable bonds is 1. The minimum absolute atomic E-state index is 1.18. The highest BCUT2D eigenvalue weighted by Crippen LogP contribution is 2.57. The van der Waals surface area contributed by atoms with Gasteiger partial charge in [-0.1, -0.05) is 28.9 Å². The third-order valence-corrected chi connectivity index (χ3v) is 4.28. The summed E-state index contributed by atoms with van der Waals surface area (Å²) in [6.07, 6.45) is 4.22. The van der Waals surface area contributed by atoms with Gasteiger partial charge >= 0.3 is 0 Å². The van der Waals surface area contributed by atoms with Gasteiger partial charge in [0.05, 0.1) is 0 Å². The number of para-hydroxylation sites is 1. The number of benzene rings is 1. The zero-order valence-corrected chi connectivity index (χ0v) is 10.2. The van der Waals surface area contributed by atoms with Crippen LogP contribution in [0.1, 0.15) is 5.69 Å². The van der Waals surface area contributed by atoms with Crippen molar-refractivity contribution in [2.24, 2.45) is 0 Å². The summed E-state index contributed by atoms with van der Waals surface area (Å²) in [7, 11) is 5.27. The van der Waals surface area contributed by atoms with Crippen LogP contribution in [0.2, 0.25) is 0 Å². The van der Waals surface area contributed by atoms with Gasteiger partial charge in [-0.25, -0.2) is 0 Å². The van der Waals surface area contributed by atoms with Crippen LogP contribution in [0.25, 0.3) is 10.9 Å². The molecular formula is C11H14ClNS. The molecule has 0 aliphatic heterocycles. The molecular weight excluding hydrogens is 214 g/mol. The van der Waals surface area contributed by atoms with Crippen molar-refractivity contribution in [3.63, 3.8) is 0 Å². The molecule has 14 heavy (non-hydrogen) atoms. The monoisotopic (exact) mass is 227 g/mol. The summed E-state index contributed by atoms with van der Waals surface area (Å²) in [6, 6.07) is 8.32. The Morgan fingerprint density at radius 2 is 1.86 bits per heavy atom. The standard InChI is InChI=1S/C11H14ClNS/c1-8-11(14(2,3)12)9-6-4-5-7-10(9)13-8/h4-7,13H,1-3H3. The third kappa shape index (κ3) is 1.53. The number of hydrogen-bond donors (Lipinski definition) is 1. The van der Waals surface area contributed by atoms with Crippen LogP contribution in [0.15, 0.2) is 29.2 Å². The summed E-state index contributed by atoms with van der Waals surface area (Å²) in [5, 5.41) is 1.26. The van der Waals surface area contributed by atoms with E-state index in [2.05, 4.69) is 42.6 Å². The Morgan fingerprint density at radius 1 is 1.21 bits per heavy atom. The first-order valence-electron chi connectivity index (χ1n) is 4.50. The van der Waals surface area contributed by atoms with E-state index in [1.807, 2.05) is 6.07 Å². The van der Waals surface area contributed by atoms with Crippen molar-refractivity contribution in [2.45, 2.75) is 11.8 Å². The van der Waals surface area contributed by atoms with Crippen molar-refractivity contribution in [1.82, 2.24) is 4.98 Å². The van der Waals surface area contributed by atoms with Crippen molar-refractivity contribution < 1.29 is 0 Å². The van der Waals surface area contributed by atoms with E-state index in [1.165, 1.54) is 21.5 Å². The van der Waals surface area contributed by atoms with Crippen LogP contribution in [0.3, 0.4) is 0 Å². The van der Waals surface area contributed by atoms with E-state index in [-0.39, 0.29) is 0 Å². The van der Waals surface area contributed by atoms with Gasteiger partial charge in [-0.3, -0.25) is 0 Å². The van der Waals surface area contributed by atoms with E-state index >= 15 is 0 Å². The predicted octanol–water partition coefficient (Wildman–Crippen LogP) is 4.05. The van der Waals surface area contributed by atoms with Gasteiger partial charge in [0.2, 0.25) is 0 Å². The van der Waals surface area contributed by atoms with Crippen molar-refractivity contribution in [3.8, 4) is 0 Å². The Labute approximate surface area is 90.3 Å². The highest BCUT2D eigenvalue weighted by Gasteiger charge is 2.18. The normalized spacial score (nSPS) is 13.4. The van der Waals surface area contributed by atoms with Gasteiger partial charge in [-0.05, 0) is 25.5 Å². The Kier molecular flexibility index (Phi) is 2.28. The molecule has 2 aromatic rings. The number of H-pyrrole nitrogens is 1.